The van der Waals surface area contributed by atoms with E-state index in [9.17, 15) is 13.2 Å². The highest BCUT2D eigenvalue weighted by atomic mass is 19.4. The van der Waals surface area contributed by atoms with Gasteiger partial charge in [0.15, 0.2) is 5.82 Å². The Hall–Kier alpha value is -1.18. The van der Waals surface area contributed by atoms with Gasteiger partial charge in [0.05, 0.1) is 6.54 Å². The van der Waals surface area contributed by atoms with E-state index in [4.69, 9.17) is 0 Å². The van der Waals surface area contributed by atoms with E-state index in [2.05, 4.69) is 20.4 Å². The van der Waals surface area contributed by atoms with Crippen LogP contribution in [0.4, 0.5) is 13.2 Å². The summed E-state index contributed by atoms with van der Waals surface area (Å²) in [6.07, 6.45) is 4.15. The summed E-state index contributed by atoms with van der Waals surface area (Å²) in [5, 5.41) is 10.8. The maximum Gasteiger partial charge on any atom is 0.408 e. The van der Waals surface area contributed by atoms with E-state index in [0.717, 1.165) is 24.1 Å². The van der Waals surface area contributed by atoms with E-state index in [1.165, 1.54) is 32.1 Å². The Labute approximate surface area is 127 Å². The van der Waals surface area contributed by atoms with Crippen LogP contribution < -0.4 is 0 Å². The highest BCUT2D eigenvalue weighted by molar-refractivity contribution is 4.90. The van der Waals surface area contributed by atoms with Gasteiger partial charge in [-0.1, -0.05) is 19.3 Å². The highest BCUT2D eigenvalue weighted by Gasteiger charge is 2.34. The Morgan fingerprint density at radius 2 is 1.77 bits per heavy atom. The minimum Gasteiger partial charge on any atom is -0.293 e. The van der Waals surface area contributed by atoms with Crippen LogP contribution >= 0.6 is 0 Å². The third-order valence-electron chi connectivity index (χ3n) is 4.89. The van der Waals surface area contributed by atoms with E-state index >= 15 is 0 Å². The number of halogens is 3. The minimum absolute atomic E-state index is 0.323. The summed E-state index contributed by atoms with van der Waals surface area (Å²) < 4.78 is 38.6. The van der Waals surface area contributed by atoms with Crippen molar-refractivity contribution in [3.63, 3.8) is 0 Å². The number of fused-ring (bicyclic) bond motifs is 1. The first kappa shape index (κ1) is 15.7. The first-order valence-electron chi connectivity index (χ1n) is 8.09. The fraction of sp³-hybridized carbons (Fsp3) is 0.929. The molecule has 2 heterocycles. The molecular weight excluding hydrogens is 295 g/mol. The van der Waals surface area contributed by atoms with Gasteiger partial charge in [-0.25, -0.2) is 4.68 Å². The zero-order valence-electron chi connectivity index (χ0n) is 12.6. The van der Waals surface area contributed by atoms with Crippen molar-refractivity contribution in [3.05, 3.63) is 5.82 Å². The Bertz CT molecular complexity index is 487. The van der Waals surface area contributed by atoms with Crippen molar-refractivity contribution < 1.29 is 13.2 Å². The average molecular weight is 317 g/mol. The molecule has 0 radical (unpaired) electrons. The lowest BCUT2D eigenvalue weighted by atomic mass is 9.82. The molecule has 0 bridgehead atoms. The number of aromatic nitrogens is 4. The number of hydrogen-bond donors (Lipinski definition) is 0. The molecule has 3 rings (SSSR count). The van der Waals surface area contributed by atoms with E-state index in [-0.39, 0.29) is 0 Å². The Balaban J connectivity index is 1.72. The van der Waals surface area contributed by atoms with Gasteiger partial charge in [-0.15, -0.1) is 5.10 Å². The maximum atomic E-state index is 12.6. The van der Waals surface area contributed by atoms with E-state index in [0.29, 0.717) is 24.3 Å². The molecule has 0 unspecified atom stereocenters. The molecule has 1 aliphatic carbocycles. The Kier molecular flexibility index (Phi) is 4.65. The van der Waals surface area contributed by atoms with Crippen LogP contribution in [0.15, 0.2) is 0 Å². The SMILES string of the molecule is FC(F)(F)Cn1nnnc1CN1CCCC[C@@H]2CCCC[C@H]21. The Morgan fingerprint density at radius 1 is 1.05 bits per heavy atom. The smallest absolute Gasteiger partial charge is 0.293 e. The zero-order valence-corrected chi connectivity index (χ0v) is 12.6. The second kappa shape index (κ2) is 6.52. The molecule has 2 atom stereocenters. The number of likely N-dealkylation sites (tertiary alicyclic amines) is 1. The summed E-state index contributed by atoms with van der Waals surface area (Å²) >= 11 is 0. The predicted octanol–water partition coefficient (Wildman–Crippen LogP) is 2.78. The molecular formula is C14H22F3N5. The highest BCUT2D eigenvalue weighted by Crippen LogP contribution is 2.35. The lowest BCUT2D eigenvalue weighted by Crippen LogP contribution is -2.41. The van der Waals surface area contributed by atoms with Crippen LogP contribution in [0.2, 0.25) is 0 Å². The summed E-state index contributed by atoms with van der Waals surface area (Å²) in [6, 6.07) is 0.479. The molecule has 0 N–H and O–H groups in total. The molecule has 2 fully saturated rings. The number of tetrazole rings is 1. The maximum absolute atomic E-state index is 12.6. The van der Waals surface area contributed by atoms with Crippen LogP contribution in [0.25, 0.3) is 0 Å². The minimum atomic E-state index is -4.30. The van der Waals surface area contributed by atoms with E-state index < -0.39 is 12.7 Å². The largest absolute Gasteiger partial charge is 0.408 e. The number of hydrogen-bond acceptors (Lipinski definition) is 4. The van der Waals surface area contributed by atoms with Gasteiger partial charge in [-0.05, 0) is 48.6 Å². The lowest BCUT2D eigenvalue weighted by molar-refractivity contribution is -0.143. The second-order valence-electron chi connectivity index (χ2n) is 6.45. The van der Waals surface area contributed by atoms with Crippen LogP contribution in [0.1, 0.15) is 50.8 Å². The third-order valence-corrected chi connectivity index (χ3v) is 4.89. The number of alkyl halides is 3. The fourth-order valence-corrected chi connectivity index (χ4v) is 3.90. The summed E-state index contributed by atoms with van der Waals surface area (Å²) in [5.41, 5.74) is 0. The first-order chi connectivity index (χ1) is 10.5. The van der Waals surface area contributed by atoms with Crippen LogP contribution in [-0.2, 0) is 13.1 Å². The van der Waals surface area contributed by atoms with Crippen molar-refractivity contribution in [3.8, 4) is 0 Å². The van der Waals surface area contributed by atoms with Gasteiger partial charge in [0.25, 0.3) is 0 Å². The van der Waals surface area contributed by atoms with Crippen LogP contribution in [0, 0.1) is 5.92 Å². The van der Waals surface area contributed by atoms with E-state index in [1.54, 1.807) is 0 Å². The van der Waals surface area contributed by atoms with Crippen LogP contribution in [0.3, 0.4) is 0 Å². The summed E-state index contributed by atoms with van der Waals surface area (Å²) in [4.78, 5) is 2.31. The van der Waals surface area contributed by atoms with Gasteiger partial charge in [0.1, 0.15) is 6.54 Å². The Morgan fingerprint density at radius 3 is 2.55 bits per heavy atom. The zero-order chi connectivity index (χ0) is 15.6. The summed E-state index contributed by atoms with van der Waals surface area (Å²) in [7, 11) is 0. The topological polar surface area (TPSA) is 46.8 Å². The van der Waals surface area contributed by atoms with Gasteiger partial charge in [-0.3, -0.25) is 4.90 Å². The molecule has 5 nitrogen and oxygen atoms in total. The molecule has 0 aromatic carbocycles. The quantitative estimate of drug-likeness (QED) is 0.860. The molecule has 0 spiro atoms. The standard InChI is InChI=1S/C14H22F3N5/c15-14(16,17)10-22-13(18-19-20-22)9-21-8-4-3-6-11-5-1-2-7-12(11)21/h11-12H,1-10H2/t11-,12+/m0/s1. The van der Waals surface area contributed by atoms with Crippen LogP contribution in [0.5, 0.6) is 0 Å². The number of nitrogens with zero attached hydrogens (tertiary/aromatic N) is 5. The second-order valence-corrected chi connectivity index (χ2v) is 6.45. The van der Waals surface area contributed by atoms with Gasteiger partial charge >= 0.3 is 6.18 Å². The van der Waals surface area contributed by atoms with Crippen molar-refractivity contribution in [1.82, 2.24) is 25.1 Å². The summed E-state index contributed by atoms with van der Waals surface area (Å²) in [5.74, 6) is 1.01. The van der Waals surface area contributed by atoms with E-state index in [1.807, 2.05) is 0 Å². The molecule has 22 heavy (non-hydrogen) atoms. The van der Waals surface area contributed by atoms with Crippen LogP contribution in [-0.4, -0.2) is 43.9 Å². The van der Waals surface area contributed by atoms with Crippen molar-refractivity contribution in [2.24, 2.45) is 5.92 Å². The molecule has 1 aliphatic heterocycles. The third kappa shape index (κ3) is 3.77. The molecule has 1 saturated heterocycles. The van der Waals surface area contributed by atoms with Crippen molar-refractivity contribution >= 4 is 0 Å². The van der Waals surface area contributed by atoms with Gasteiger partial charge in [0, 0.05) is 6.04 Å². The normalized spacial score (nSPS) is 27.4. The molecule has 124 valence electrons. The molecule has 2 aliphatic rings. The molecule has 8 heteroatoms. The van der Waals surface area contributed by atoms with Gasteiger partial charge in [-0.2, -0.15) is 13.2 Å². The monoisotopic (exact) mass is 317 g/mol. The molecule has 0 amide bonds. The number of rotatable bonds is 3. The fourth-order valence-electron chi connectivity index (χ4n) is 3.90. The molecule has 1 aromatic heterocycles. The molecule has 1 aromatic rings. The van der Waals surface area contributed by atoms with Crippen molar-refractivity contribution in [2.75, 3.05) is 6.54 Å². The van der Waals surface area contributed by atoms with Gasteiger partial charge in [0.2, 0.25) is 0 Å². The average Bonchev–Trinajstić information content (AvgIpc) is 2.77. The first-order valence-corrected chi connectivity index (χ1v) is 8.09. The summed E-state index contributed by atoms with van der Waals surface area (Å²) in [6.45, 7) is 0.238. The van der Waals surface area contributed by atoms with Crippen molar-refractivity contribution in [1.29, 1.82) is 0 Å². The lowest BCUT2D eigenvalue weighted by Gasteiger charge is -2.37. The molecule has 1 saturated carbocycles. The predicted molar refractivity (Wildman–Crippen MR) is 73.9 cm³/mol. The van der Waals surface area contributed by atoms with Crippen molar-refractivity contribution in [2.45, 2.75) is 70.3 Å². The van der Waals surface area contributed by atoms with Gasteiger partial charge < -0.3 is 0 Å².